The summed E-state index contributed by atoms with van der Waals surface area (Å²) in [5.74, 6) is 0.724. The molecule has 0 aliphatic carbocycles. The third kappa shape index (κ3) is 2.48. The van der Waals surface area contributed by atoms with Gasteiger partial charge in [0.1, 0.15) is 11.5 Å². The van der Waals surface area contributed by atoms with Crippen molar-refractivity contribution >= 4 is 16.8 Å². The highest BCUT2D eigenvalue weighted by Gasteiger charge is 2.14. The smallest absolute Gasteiger partial charge is 0.267 e. The van der Waals surface area contributed by atoms with E-state index in [1.807, 2.05) is 18.2 Å². The van der Waals surface area contributed by atoms with Crippen LogP contribution in [-0.2, 0) is 6.54 Å². The van der Waals surface area contributed by atoms with Gasteiger partial charge in [-0.25, -0.2) is 4.39 Å². The summed E-state index contributed by atoms with van der Waals surface area (Å²) in [6.45, 7) is 0.555. The molecule has 0 fully saturated rings. The number of aromatic nitrogens is 1. The number of carbonyl (C=O) groups is 1. The average Bonchev–Trinajstić information content (AvgIpc) is 3.19. The molecule has 0 spiro atoms. The summed E-state index contributed by atoms with van der Waals surface area (Å²) < 4.78 is 24.2. The lowest BCUT2D eigenvalue weighted by molar-refractivity contribution is 0.0946. The quantitative estimate of drug-likeness (QED) is 0.781. The summed E-state index contributed by atoms with van der Waals surface area (Å²) in [7, 11) is 0. The highest BCUT2D eigenvalue weighted by molar-refractivity contribution is 5.98. The maximum Gasteiger partial charge on any atom is 0.267 e. The average molecular weight is 312 g/mol. The van der Waals surface area contributed by atoms with Crippen molar-refractivity contribution in [2.45, 2.75) is 6.54 Å². The summed E-state index contributed by atoms with van der Waals surface area (Å²) in [4.78, 5) is 15.1. The first-order valence-electron chi connectivity index (χ1n) is 7.15. The molecular weight excluding hydrogens is 299 g/mol. The van der Waals surface area contributed by atoms with E-state index < -0.39 is 0 Å². The van der Waals surface area contributed by atoms with Gasteiger partial charge in [-0.2, -0.15) is 0 Å². The lowest BCUT2D eigenvalue weighted by Gasteiger charge is -2.05. The Morgan fingerprint density at radius 3 is 2.91 bits per heavy atom. The van der Waals surface area contributed by atoms with Crippen LogP contribution in [0.3, 0.4) is 0 Å². The molecule has 0 atom stereocenters. The molecule has 0 bridgehead atoms. The van der Waals surface area contributed by atoms with Crippen LogP contribution in [0.25, 0.3) is 10.9 Å². The van der Waals surface area contributed by atoms with Gasteiger partial charge in [0.05, 0.1) is 0 Å². The summed E-state index contributed by atoms with van der Waals surface area (Å²) in [5.41, 5.74) is 1.81. The van der Waals surface area contributed by atoms with Crippen molar-refractivity contribution in [3.05, 3.63) is 59.5 Å². The number of H-pyrrole nitrogens is 1. The van der Waals surface area contributed by atoms with Crippen LogP contribution in [0.5, 0.6) is 11.5 Å². The molecule has 5 nitrogen and oxygen atoms in total. The molecule has 4 rings (SSSR count). The number of rotatable bonds is 3. The molecule has 0 saturated carbocycles. The van der Waals surface area contributed by atoms with E-state index in [2.05, 4.69) is 10.3 Å². The number of fused-ring (bicyclic) bond motifs is 2. The van der Waals surface area contributed by atoms with Crippen molar-refractivity contribution in [1.29, 1.82) is 0 Å². The van der Waals surface area contributed by atoms with Gasteiger partial charge in [0.2, 0.25) is 6.79 Å². The molecule has 0 saturated heterocycles. The zero-order valence-corrected chi connectivity index (χ0v) is 12.1. The minimum absolute atomic E-state index is 0.214. The topological polar surface area (TPSA) is 63.4 Å². The Kier molecular flexibility index (Phi) is 3.15. The van der Waals surface area contributed by atoms with Crippen molar-refractivity contribution in [3.63, 3.8) is 0 Å². The third-order valence-corrected chi connectivity index (χ3v) is 3.75. The Balaban J connectivity index is 1.50. The van der Waals surface area contributed by atoms with Crippen molar-refractivity contribution in [3.8, 4) is 11.5 Å². The van der Waals surface area contributed by atoms with Crippen LogP contribution in [0.1, 0.15) is 16.1 Å². The van der Waals surface area contributed by atoms with Crippen LogP contribution in [-0.4, -0.2) is 17.7 Å². The van der Waals surface area contributed by atoms with Gasteiger partial charge in [0.15, 0.2) is 11.5 Å². The van der Waals surface area contributed by atoms with Crippen molar-refractivity contribution < 1.29 is 18.7 Å². The van der Waals surface area contributed by atoms with E-state index >= 15 is 0 Å². The second-order valence-corrected chi connectivity index (χ2v) is 5.25. The Morgan fingerprint density at radius 2 is 2.04 bits per heavy atom. The van der Waals surface area contributed by atoms with Gasteiger partial charge in [0, 0.05) is 17.4 Å². The zero-order chi connectivity index (χ0) is 15.8. The predicted octanol–water partition coefficient (Wildman–Crippen LogP) is 2.97. The minimum atomic E-state index is -0.353. The number of hydrogen-bond acceptors (Lipinski definition) is 3. The molecule has 1 aromatic heterocycles. The molecule has 1 amide bonds. The first-order valence-corrected chi connectivity index (χ1v) is 7.15. The second-order valence-electron chi connectivity index (χ2n) is 5.25. The van der Waals surface area contributed by atoms with Gasteiger partial charge in [0.25, 0.3) is 5.91 Å². The van der Waals surface area contributed by atoms with Crippen LogP contribution < -0.4 is 14.8 Å². The molecule has 0 radical (unpaired) electrons. The normalized spacial score (nSPS) is 12.6. The van der Waals surface area contributed by atoms with Crippen molar-refractivity contribution in [1.82, 2.24) is 10.3 Å². The lowest BCUT2D eigenvalue weighted by Crippen LogP contribution is -2.23. The minimum Gasteiger partial charge on any atom is -0.454 e. The standard InChI is InChI=1S/C17H13FN2O3/c18-12-2-1-3-13-11(12)7-14(20-13)17(21)19-8-10-4-5-15-16(6-10)23-9-22-15/h1-7,20H,8-9H2,(H,19,21). The van der Waals surface area contributed by atoms with Gasteiger partial charge < -0.3 is 19.8 Å². The fourth-order valence-electron chi connectivity index (χ4n) is 2.57. The number of nitrogens with one attached hydrogen (secondary N) is 2. The molecule has 1 aliphatic heterocycles. The van der Waals surface area contributed by atoms with Crippen LogP contribution in [0, 0.1) is 5.82 Å². The third-order valence-electron chi connectivity index (χ3n) is 3.75. The summed E-state index contributed by atoms with van der Waals surface area (Å²) >= 11 is 0. The van der Waals surface area contributed by atoms with Gasteiger partial charge in [-0.05, 0) is 35.9 Å². The number of halogens is 1. The highest BCUT2D eigenvalue weighted by Crippen LogP contribution is 2.32. The molecule has 23 heavy (non-hydrogen) atoms. The van der Waals surface area contributed by atoms with Gasteiger partial charge in [-0.3, -0.25) is 4.79 Å². The highest BCUT2D eigenvalue weighted by atomic mass is 19.1. The first kappa shape index (κ1) is 13.6. The Morgan fingerprint density at radius 1 is 1.17 bits per heavy atom. The van der Waals surface area contributed by atoms with Crippen molar-refractivity contribution in [2.24, 2.45) is 0 Å². The van der Waals surface area contributed by atoms with E-state index in [-0.39, 0.29) is 18.5 Å². The van der Waals surface area contributed by atoms with Gasteiger partial charge >= 0.3 is 0 Å². The van der Waals surface area contributed by atoms with Gasteiger partial charge in [-0.15, -0.1) is 0 Å². The molecular formula is C17H13FN2O3. The molecule has 2 heterocycles. The molecule has 2 aromatic carbocycles. The summed E-state index contributed by atoms with van der Waals surface area (Å²) in [5, 5.41) is 3.20. The Hall–Kier alpha value is -3.02. The van der Waals surface area contributed by atoms with Crippen LogP contribution in [0.15, 0.2) is 42.5 Å². The Labute approximate surface area is 131 Å². The zero-order valence-electron chi connectivity index (χ0n) is 12.1. The fraction of sp³-hybridized carbons (Fsp3) is 0.118. The number of ether oxygens (including phenoxy) is 2. The molecule has 0 unspecified atom stereocenters. The maximum atomic E-state index is 13.7. The summed E-state index contributed by atoms with van der Waals surface area (Å²) in [6.07, 6.45) is 0. The lowest BCUT2D eigenvalue weighted by atomic mass is 10.2. The van der Waals surface area contributed by atoms with Crippen molar-refractivity contribution in [2.75, 3.05) is 6.79 Å². The molecule has 1 aliphatic rings. The van der Waals surface area contributed by atoms with E-state index in [4.69, 9.17) is 9.47 Å². The summed E-state index contributed by atoms with van der Waals surface area (Å²) in [6, 6.07) is 11.7. The predicted molar refractivity (Wildman–Crippen MR) is 82.0 cm³/mol. The number of benzene rings is 2. The first-order chi connectivity index (χ1) is 11.2. The second kappa shape index (κ2) is 5.31. The van der Waals surface area contributed by atoms with E-state index in [9.17, 15) is 9.18 Å². The van der Waals surface area contributed by atoms with Crippen LogP contribution >= 0.6 is 0 Å². The number of aromatic amines is 1. The van der Waals surface area contributed by atoms with Gasteiger partial charge in [-0.1, -0.05) is 12.1 Å². The monoisotopic (exact) mass is 312 g/mol. The van der Waals surface area contributed by atoms with Crippen LogP contribution in [0.2, 0.25) is 0 Å². The number of amides is 1. The van der Waals surface area contributed by atoms with E-state index in [0.29, 0.717) is 34.6 Å². The molecule has 6 heteroatoms. The van der Waals surface area contributed by atoms with E-state index in [1.54, 1.807) is 12.1 Å². The maximum absolute atomic E-state index is 13.7. The SMILES string of the molecule is O=C(NCc1ccc2c(c1)OCO2)c1cc2c(F)cccc2[nH]1. The van der Waals surface area contributed by atoms with E-state index in [0.717, 1.165) is 5.56 Å². The van der Waals surface area contributed by atoms with Crippen LogP contribution in [0.4, 0.5) is 4.39 Å². The molecule has 116 valence electrons. The fourth-order valence-corrected chi connectivity index (χ4v) is 2.57. The Bertz CT molecular complexity index is 904. The number of hydrogen-bond donors (Lipinski definition) is 2. The number of carbonyl (C=O) groups excluding carboxylic acids is 1. The molecule has 3 aromatic rings. The van der Waals surface area contributed by atoms with E-state index in [1.165, 1.54) is 12.1 Å². The molecule has 2 N–H and O–H groups in total. The largest absolute Gasteiger partial charge is 0.454 e.